The van der Waals surface area contributed by atoms with Crippen molar-refractivity contribution in [3.63, 3.8) is 0 Å². The number of aliphatic imine (C=N–C) groups is 1. The van der Waals surface area contributed by atoms with Gasteiger partial charge >= 0.3 is 5.97 Å². The lowest BCUT2D eigenvalue weighted by molar-refractivity contribution is -0.385. The number of phenolic OH excluding ortho intramolecular Hbond substituents is 1. The van der Waals surface area contributed by atoms with Gasteiger partial charge in [0, 0.05) is 11.6 Å². The van der Waals surface area contributed by atoms with Gasteiger partial charge in [-0.1, -0.05) is 30.3 Å². The van der Waals surface area contributed by atoms with Gasteiger partial charge in [0.1, 0.15) is 0 Å². The number of amidine groups is 1. The molecule has 1 aliphatic rings. The maximum absolute atomic E-state index is 13.4. The van der Waals surface area contributed by atoms with Crippen molar-refractivity contribution in [1.82, 2.24) is 4.90 Å². The van der Waals surface area contributed by atoms with E-state index in [1.807, 2.05) is 18.2 Å². The Morgan fingerprint density at radius 1 is 1.16 bits per heavy atom. The van der Waals surface area contributed by atoms with Crippen molar-refractivity contribution in [2.24, 2.45) is 4.99 Å². The van der Waals surface area contributed by atoms with Crippen LogP contribution in [0.5, 0.6) is 11.5 Å². The molecule has 3 aromatic carbocycles. The van der Waals surface area contributed by atoms with Crippen LogP contribution in [0.3, 0.4) is 0 Å². The molecule has 4 rings (SSSR count). The number of nitro groups is 1. The van der Waals surface area contributed by atoms with Gasteiger partial charge in [0.25, 0.3) is 11.6 Å². The third kappa shape index (κ3) is 5.78. The quantitative estimate of drug-likeness (QED) is 0.235. The molecule has 0 aromatic heterocycles. The van der Waals surface area contributed by atoms with Crippen LogP contribution in [0.4, 0.5) is 11.4 Å². The number of ether oxygens (including phenoxy) is 1. The van der Waals surface area contributed by atoms with E-state index in [2.05, 4.69) is 4.99 Å². The zero-order chi connectivity index (χ0) is 26.5. The molecule has 0 bridgehead atoms. The van der Waals surface area contributed by atoms with E-state index in [-0.39, 0.29) is 46.4 Å². The largest absolute Gasteiger partial charge is 0.504 e. The number of aromatic carboxylic acids is 1. The van der Waals surface area contributed by atoms with E-state index in [1.165, 1.54) is 29.2 Å². The molecular weight excluding hydrogens is 498 g/mol. The summed E-state index contributed by atoms with van der Waals surface area (Å²) >= 11 is 1.06. The number of nitrogens with zero attached hydrogens (tertiary/aromatic N) is 3. The van der Waals surface area contributed by atoms with Gasteiger partial charge in [-0.25, -0.2) is 9.79 Å². The lowest BCUT2D eigenvalue weighted by Gasteiger charge is -2.16. The first kappa shape index (κ1) is 25.5. The second kappa shape index (κ2) is 11.0. The number of rotatable bonds is 8. The van der Waals surface area contributed by atoms with Crippen LogP contribution >= 0.6 is 11.8 Å². The summed E-state index contributed by atoms with van der Waals surface area (Å²) in [6.07, 6.45) is 1.37. The Kier molecular flexibility index (Phi) is 7.54. The number of amides is 1. The Bertz CT molecular complexity index is 1420. The molecule has 1 heterocycles. The Balaban J connectivity index is 1.74. The maximum Gasteiger partial charge on any atom is 0.335 e. The number of aromatic hydroxyl groups is 1. The average molecular weight is 520 g/mol. The van der Waals surface area contributed by atoms with Gasteiger partial charge in [0.2, 0.25) is 0 Å². The second-order valence-corrected chi connectivity index (χ2v) is 8.81. The molecule has 0 atom stereocenters. The van der Waals surface area contributed by atoms with Gasteiger partial charge in [0.05, 0.1) is 40.3 Å². The number of carbonyl (C=O) groups is 2. The summed E-state index contributed by atoms with van der Waals surface area (Å²) in [4.78, 5) is 41.6. The fraction of sp³-hybridized carbons (Fsp3) is 0.115. The van der Waals surface area contributed by atoms with Gasteiger partial charge in [-0.3, -0.25) is 19.8 Å². The summed E-state index contributed by atoms with van der Waals surface area (Å²) in [5.41, 5.74) is 1.17. The van der Waals surface area contributed by atoms with Crippen LogP contribution in [-0.2, 0) is 11.3 Å². The summed E-state index contributed by atoms with van der Waals surface area (Å²) in [5, 5.41) is 31.6. The molecule has 3 aromatic rings. The van der Waals surface area contributed by atoms with Crippen LogP contribution in [-0.4, -0.2) is 43.7 Å². The molecule has 10 nitrogen and oxygen atoms in total. The summed E-state index contributed by atoms with van der Waals surface area (Å²) in [7, 11) is 0. The Morgan fingerprint density at radius 2 is 1.86 bits per heavy atom. The highest BCUT2D eigenvalue weighted by Crippen LogP contribution is 2.40. The summed E-state index contributed by atoms with van der Waals surface area (Å²) in [6.45, 7) is 1.97. The van der Waals surface area contributed by atoms with Crippen molar-refractivity contribution in [2.75, 3.05) is 6.61 Å². The molecule has 0 aliphatic carbocycles. The molecule has 0 unspecified atom stereocenters. The van der Waals surface area contributed by atoms with Gasteiger partial charge < -0.3 is 14.9 Å². The fourth-order valence-corrected chi connectivity index (χ4v) is 4.50. The highest BCUT2D eigenvalue weighted by atomic mass is 32.2. The SMILES string of the molecule is CCOc1cc([N+](=O)[O-])cc(/C=C2\SC(=Nc3ccccc3)N(Cc3ccc(C(=O)O)cc3)C2=O)c1O. The Hall–Kier alpha value is -4.64. The molecule has 1 fully saturated rings. The molecule has 1 saturated heterocycles. The van der Waals surface area contributed by atoms with E-state index >= 15 is 0 Å². The third-order valence-electron chi connectivity index (χ3n) is 5.30. The van der Waals surface area contributed by atoms with E-state index in [0.717, 1.165) is 17.8 Å². The zero-order valence-corrected chi connectivity index (χ0v) is 20.3. The highest BCUT2D eigenvalue weighted by Gasteiger charge is 2.34. The maximum atomic E-state index is 13.4. The first-order valence-electron chi connectivity index (χ1n) is 11.1. The summed E-state index contributed by atoms with van der Waals surface area (Å²) in [6, 6.07) is 17.4. The van der Waals surface area contributed by atoms with E-state index < -0.39 is 16.8 Å². The lowest BCUT2D eigenvalue weighted by Crippen LogP contribution is -2.28. The number of hydrogen-bond donors (Lipinski definition) is 2. The first-order valence-corrected chi connectivity index (χ1v) is 11.9. The minimum absolute atomic E-state index is 0.0558. The topological polar surface area (TPSA) is 143 Å². The molecule has 188 valence electrons. The number of phenols is 1. The number of carboxylic acid groups (broad SMARTS) is 1. The third-order valence-corrected chi connectivity index (χ3v) is 6.30. The van der Waals surface area contributed by atoms with Crippen molar-refractivity contribution in [1.29, 1.82) is 0 Å². The number of hydrogen-bond acceptors (Lipinski definition) is 8. The predicted molar refractivity (Wildman–Crippen MR) is 139 cm³/mol. The van der Waals surface area contributed by atoms with Crippen molar-refractivity contribution in [3.05, 3.63) is 98.4 Å². The lowest BCUT2D eigenvalue weighted by atomic mass is 10.1. The Morgan fingerprint density at radius 3 is 2.49 bits per heavy atom. The number of carboxylic acids is 1. The van der Waals surface area contributed by atoms with Crippen molar-refractivity contribution in [2.45, 2.75) is 13.5 Å². The molecule has 0 saturated carbocycles. The minimum atomic E-state index is -1.06. The standard InChI is InChI=1S/C26H21N3O7S/c1-2-36-21-14-20(29(34)35)12-18(23(21)30)13-22-24(31)28(15-16-8-10-17(11-9-16)25(32)33)26(37-22)27-19-6-4-3-5-7-19/h3-14,30H,2,15H2,1H3,(H,32,33)/b22-13-,27-26?. The van der Waals surface area contributed by atoms with Crippen LogP contribution in [0.1, 0.15) is 28.4 Å². The number of para-hydroxylation sites is 1. The zero-order valence-electron chi connectivity index (χ0n) is 19.5. The summed E-state index contributed by atoms with van der Waals surface area (Å²) in [5.74, 6) is -1.87. The average Bonchev–Trinajstić information content (AvgIpc) is 3.16. The molecule has 1 amide bonds. The number of non-ortho nitro benzene ring substituents is 1. The van der Waals surface area contributed by atoms with E-state index in [1.54, 1.807) is 31.2 Å². The van der Waals surface area contributed by atoms with E-state index in [4.69, 9.17) is 9.84 Å². The Labute approximate surface area is 215 Å². The second-order valence-electron chi connectivity index (χ2n) is 7.81. The molecule has 2 N–H and O–H groups in total. The molecule has 37 heavy (non-hydrogen) atoms. The predicted octanol–water partition coefficient (Wildman–Crippen LogP) is 5.20. The molecule has 0 radical (unpaired) electrons. The molecule has 1 aliphatic heterocycles. The van der Waals surface area contributed by atoms with Crippen molar-refractivity contribution in [3.8, 4) is 11.5 Å². The number of benzene rings is 3. The number of thioether (sulfide) groups is 1. The van der Waals surface area contributed by atoms with Crippen LogP contribution in [0, 0.1) is 10.1 Å². The summed E-state index contributed by atoms with van der Waals surface area (Å²) < 4.78 is 5.33. The van der Waals surface area contributed by atoms with Gasteiger partial charge in [-0.2, -0.15) is 0 Å². The van der Waals surface area contributed by atoms with Gasteiger partial charge in [0.15, 0.2) is 16.7 Å². The normalized spacial score (nSPS) is 15.4. The number of carbonyl (C=O) groups excluding carboxylic acids is 1. The molecule has 0 spiro atoms. The first-order chi connectivity index (χ1) is 17.8. The molecular formula is C26H21N3O7S. The van der Waals surface area contributed by atoms with Crippen molar-refractivity contribution < 1.29 is 29.5 Å². The van der Waals surface area contributed by atoms with Crippen LogP contribution in [0.2, 0.25) is 0 Å². The van der Waals surface area contributed by atoms with Crippen LogP contribution in [0.25, 0.3) is 6.08 Å². The highest BCUT2D eigenvalue weighted by molar-refractivity contribution is 8.18. The fourth-order valence-electron chi connectivity index (χ4n) is 3.52. The monoisotopic (exact) mass is 519 g/mol. The van der Waals surface area contributed by atoms with Crippen LogP contribution in [0.15, 0.2) is 76.6 Å². The minimum Gasteiger partial charge on any atom is -0.504 e. The van der Waals surface area contributed by atoms with Gasteiger partial charge in [-0.05, 0) is 54.6 Å². The smallest absolute Gasteiger partial charge is 0.335 e. The molecule has 11 heteroatoms. The van der Waals surface area contributed by atoms with E-state index in [9.17, 15) is 24.8 Å². The van der Waals surface area contributed by atoms with E-state index in [0.29, 0.717) is 16.4 Å². The van der Waals surface area contributed by atoms with Gasteiger partial charge in [-0.15, -0.1) is 0 Å². The number of nitro benzene ring substituents is 1. The van der Waals surface area contributed by atoms with Crippen LogP contribution < -0.4 is 4.74 Å². The van der Waals surface area contributed by atoms with Crippen molar-refractivity contribution >= 4 is 46.3 Å².